The molecule has 1 nitrogen and oxygen atoms in total. The van der Waals surface area contributed by atoms with Crippen LogP contribution < -0.4 is 4.74 Å². The second-order valence-corrected chi connectivity index (χ2v) is 3.66. The Morgan fingerprint density at radius 3 is 2.31 bits per heavy atom. The quantitative estimate of drug-likeness (QED) is 0.720. The van der Waals surface area contributed by atoms with E-state index >= 15 is 0 Å². The van der Waals surface area contributed by atoms with E-state index in [-0.39, 0.29) is 0 Å². The molecule has 0 bridgehead atoms. The summed E-state index contributed by atoms with van der Waals surface area (Å²) in [7, 11) is 0. The number of benzene rings is 1. The van der Waals surface area contributed by atoms with Crippen LogP contribution in [-0.4, -0.2) is 6.61 Å². The van der Waals surface area contributed by atoms with E-state index in [2.05, 4.69) is 12.6 Å². The Morgan fingerprint density at radius 1 is 1.31 bits per heavy atom. The second kappa shape index (κ2) is 4.33. The van der Waals surface area contributed by atoms with Crippen LogP contribution in [0.2, 0.25) is 0 Å². The molecular formula is C11H13ClO. The summed E-state index contributed by atoms with van der Waals surface area (Å²) in [6, 6.07) is 6.06. The summed E-state index contributed by atoms with van der Waals surface area (Å²) in [6.07, 6.45) is 0. The number of aryl methyl sites for hydroxylation is 2. The normalized spacial score (nSPS) is 9.77. The van der Waals surface area contributed by atoms with Gasteiger partial charge in [0.1, 0.15) is 12.4 Å². The van der Waals surface area contributed by atoms with Gasteiger partial charge in [-0.2, -0.15) is 0 Å². The van der Waals surface area contributed by atoms with Gasteiger partial charge in [-0.05, 0) is 37.1 Å². The highest BCUT2D eigenvalue weighted by Crippen LogP contribution is 2.16. The summed E-state index contributed by atoms with van der Waals surface area (Å²) in [6.45, 7) is 8.00. The van der Waals surface area contributed by atoms with E-state index in [4.69, 9.17) is 16.3 Å². The van der Waals surface area contributed by atoms with Crippen LogP contribution in [-0.2, 0) is 0 Å². The Kier molecular flexibility index (Phi) is 3.38. The highest BCUT2D eigenvalue weighted by atomic mass is 35.5. The molecule has 1 aromatic rings. The predicted octanol–water partition coefficient (Wildman–Crippen LogP) is 3.43. The third-order valence-electron chi connectivity index (χ3n) is 1.59. The number of hydrogen-bond acceptors (Lipinski definition) is 1. The van der Waals surface area contributed by atoms with Crippen molar-refractivity contribution in [2.45, 2.75) is 13.8 Å². The van der Waals surface area contributed by atoms with Crippen molar-refractivity contribution in [3.63, 3.8) is 0 Å². The molecule has 0 saturated heterocycles. The summed E-state index contributed by atoms with van der Waals surface area (Å²) >= 11 is 5.59. The molecule has 0 aliphatic heterocycles. The van der Waals surface area contributed by atoms with Crippen molar-refractivity contribution in [1.29, 1.82) is 0 Å². The van der Waals surface area contributed by atoms with Crippen molar-refractivity contribution in [1.82, 2.24) is 0 Å². The van der Waals surface area contributed by atoms with E-state index in [9.17, 15) is 0 Å². The number of ether oxygens (including phenoxy) is 1. The molecule has 0 aliphatic rings. The zero-order chi connectivity index (χ0) is 9.84. The third-order valence-corrected chi connectivity index (χ3v) is 1.70. The molecule has 0 spiro atoms. The third kappa shape index (κ3) is 3.51. The molecule has 0 radical (unpaired) electrons. The van der Waals surface area contributed by atoms with Gasteiger partial charge < -0.3 is 4.74 Å². The van der Waals surface area contributed by atoms with E-state index in [1.54, 1.807) is 0 Å². The van der Waals surface area contributed by atoms with Crippen molar-refractivity contribution in [2.24, 2.45) is 0 Å². The van der Waals surface area contributed by atoms with Crippen LogP contribution in [0.3, 0.4) is 0 Å². The first kappa shape index (κ1) is 10.1. The smallest absolute Gasteiger partial charge is 0.123 e. The molecule has 0 atom stereocenters. The molecule has 0 saturated carbocycles. The van der Waals surface area contributed by atoms with E-state index in [1.165, 1.54) is 11.1 Å². The lowest BCUT2D eigenvalue weighted by atomic mass is 10.1. The van der Waals surface area contributed by atoms with Crippen LogP contribution in [0, 0.1) is 13.8 Å². The van der Waals surface area contributed by atoms with Crippen LogP contribution in [0.1, 0.15) is 11.1 Å². The van der Waals surface area contributed by atoms with Crippen molar-refractivity contribution < 1.29 is 4.74 Å². The Morgan fingerprint density at radius 2 is 1.85 bits per heavy atom. The Labute approximate surface area is 84.0 Å². The van der Waals surface area contributed by atoms with Gasteiger partial charge in [-0.15, -0.1) is 0 Å². The van der Waals surface area contributed by atoms with E-state index < -0.39 is 0 Å². The monoisotopic (exact) mass is 196 g/mol. The highest BCUT2D eigenvalue weighted by Gasteiger charge is 1.96. The first-order valence-electron chi connectivity index (χ1n) is 4.12. The van der Waals surface area contributed by atoms with Crippen molar-refractivity contribution in [3.8, 4) is 5.75 Å². The lowest BCUT2D eigenvalue weighted by Gasteiger charge is -2.06. The minimum absolute atomic E-state index is 0.366. The van der Waals surface area contributed by atoms with Gasteiger partial charge >= 0.3 is 0 Å². The first-order chi connectivity index (χ1) is 6.08. The number of hydrogen-bond donors (Lipinski definition) is 0. The maximum Gasteiger partial charge on any atom is 0.123 e. The maximum atomic E-state index is 5.59. The summed E-state index contributed by atoms with van der Waals surface area (Å²) < 4.78 is 5.40. The molecular weight excluding hydrogens is 184 g/mol. The Bertz CT molecular complexity index is 298. The van der Waals surface area contributed by atoms with E-state index in [0.717, 1.165) is 5.75 Å². The van der Waals surface area contributed by atoms with E-state index in [0.29, 0.717) is 11.6 Å². The molecule has 70 valence electrons. The molecule has 0 heterocycles. The SMILES string of the molecule is C=C(Cl)COc1cc(C)cc(C)c1. The molecule has 0 aliphatic carbocycles. The molecule has 1 aromatic carbocycles. The summed E-state index contributed by atoms with van der Waals surface area (Å²) in [5.41, 5.74) is 2.38. The Hall–Kier alpha value is -0.950. The molecule has 1 rings (SSSR count). The summed E-state index contributed by atoms with van der Waals surface area (Å²) in [4.78, 5) is 0. The fourth-order valence-electron chi connectivity index (χ4n) is 1.18. The van der Waals surface area contributed by atoms with Crippen molar-refractivity contribution in [3.05, 3.63) is 40.9 Å². The van der Waals surface area contributed by atoms with E-state index in [1.807, 2.05) is 26.0 Å². The maximum absolute atomic E-state index is 5.59. The first-order valence-corrected chi connectivity index (χ1v) is 4.50. The standard InChI is InChI=1S/C11H13ClO/c1-8-4-9(2)6-11(5-8)13-7-10(3)12/h4-6H,3,7H2,1-2H3. The summed E-state index contributed by atoms with van der Waals surface area (Å²) in [5, 5.41) is 0.513. The lowest BCUT2D eigenvalue weighted by Crippen LogP contribution is -1.96. The minimum atomic E-state index is 0.366. The number of rotatable bonds is 3. The van der Waals surface area contributed by atoms with Gasteiger partial charge in [-0.3, -0.25) is 0 Å². The van der Waals surface area contributed by atoms with Gasteiger partial charge in [0.25, 0.3) is 0 Å². The average molecular weight is 197 g/mol. The van der Waals surface area contributed by atoms with Crippen LogP contribution >= 0.6 is 11.6 Å². The Balaban J connectivity index is 2.71. The van der Waals surface area contributed by atoms with Gasteiger partial charge in [0, 0.05) is 5.03 Å². The molecule has 13 heavy (non-hydrogen) atoms. The highest BCUT2D eigenvalue weighted by molar-refractivity contribution is 6.29. The predicted molar refractivity (Wildman–Crippen MR) is 56.4 cm³/mol. The minimum Gasteiger partial charge on any atom is -0.488 e. The fourth-order valence-corrected chi connectivity index (χ4v) is 1.23. The van der Waals surface area contributed by atoms with Crippen LogP contribution in [0.4, 0.5) is 0 Å². The van der Waals surface area contributed by atoms with Crippen molar-refractivity contribution >= 4 is 11.6 Å². The topological polar surface area (TPSA) is 9.23 Å². The van der Waals surface area contributed by atoms with Gasteiger partial charge in [-0.25, -0.2) is 0 Å². The van der Waals surface area contributed by atoms with Crippen molar-refractivity contribution in [2.75, 3.05) is 6.61 Å². The van der Waals surface area contributed by atoms with Crippen LogP contribution in [0.5, 0.6) is 5.75 Å². The zero-order valence-electron chi connectivity index (χ0n) is 7.93. The molecule has 2 heteroatoms. The number of halogens is 1. The molecule has 0 unspecified atom stereocenters. The lowest BCUT2D eigenvalue weighted by molar-refractivity contribution is 0.359. The average Bonchev–Trinajstić information content (AvgIpc) is 1.99. The molecule has 0 amide bonds. The van der Waals surface area contributed by atoms with Gasteiger partial charge in [-0.1, -0.05) is 24.2 Å². The summed E-state index contributed by atoms with van der Waals surface area (Å²) in [5.74, 6) is 0.847. The van der Waals surface area contributed by atoms with Gasteiger partial charge in [0.05, 0.1) is 0 Å². The second-order valence-electron chi connectivity index (χ2n) is 3.13. The molecule has 0 N–H and O–H groups in total. The fraction of sp³-hybridized carbons (Fsp3) is 0.273. The zero-order valence-corrected chi connectivity index (χ0v) is 8.69. The van der Waals surface area contributed by atoms with Crippen LogP contribution in [0.15, 0.2) is 29.8 Å². The molecule has 0 fully saturated rings. The largest absolute Gasteiger partial charge is 0.488 e. The van der Waals surface area contributed by atoms with Crippen LogP contribution in [0.25, 0.3) is 0 Å². The van der Waals surface area contributed by atoms with Gasteiger partial charge in [0.15, 0.2) is 0 Å². The molecule has 0 aromatic heterocycles. The van der Waals surface area contributed by atoms with Gasteiger partial charge in [0.2, 0.25) is 0 Å².